The zero-order valence-corrected chi connectivity index (χ0v) is 16.6. The fraction of sp³-hybridized carbons (Fsp3) is 0.273. The number of para-hydroxylation sites is 1. The molecule has 0 radical (unpaired) electrons. The highest BCUT2D eigenvalue weighted by Gasteiger charge is 2.22. The van der Waals surface area contributed by atoms with Crippen LogP contribution in [0.25, 0.3) is 11.3 Å². The maximum Gasteiger partial charge on any atom is 0.223 e. The number of anilines is 1. The second-order valence-corrected chi connectivity index (χ2v) is 7.32. The molecule has 7 heteroatoms. The van der Waals surface area contributed by atoms with Crippen molar-refractivity contribution >= 4 is 23.2 Å². The second kappa shape index (κ2) is 8.66. The van der Waals surface area contributed by atoms with Gasteiger partial charge in [0, 0.05) is 39.0 Å². The summed E-state index contributed by atoms with van der Waals surface area (Å²) < 4.78 is 19.5. The van der Waals surface area contributed by atoms with Crippen molar-refractivity contribution in [3.8, 4) is 11.3 Å². The standard InChI is InChI=1S/C22H21ClFN3O2/c23-17-6-2-4-8-19(17)26-11-13-27(14-12-26)22(28)10-9-21-25-15-20(29-21)16-5-1-3-7-18(16)24/h1-8,15H,9-14H2. The van der Waals surface area contributed by atoms with Crippen molar-refractivity contribution < 1.29 is 13.6 Å². The van der Waals surface area contributed by atoms with Gasteiger partial charge in [0.25, 0.3) is 0 Å². The quantitative estimate of drug-likeness (QED) is 0.621. The summed E-state index contributed by atoms with van der Waals surface area (Å²) in [5.74, 6) is 0.516. The van der Waals surface area contributed by atoms with Crippen molar-refractivity contribution in [3.05, 3.63) is 71.5 Å². The van der Waals surface area contributed by atoms with Crippen LogP contribution in [0.4, 0.5) is 10.1 Å². The largest absolute Gasteiger partial charge is 0.441 e. The van der Waals surface area contributed by atoms with Crippen LogP contribution in [-0.4, -0.2) is 42.0 Å². The van der Waals surface area contributed by atoms with Gasteiger partial charge in [0.05, 0.1) is 22.5 Å². The summed E-state index contributed by atoms with van der Waals surface area (Å²) in [5, 5.41) is 0.724. The third-order valence-corrected chi connectivity index (χ3v) is 5.39. The molecule has 4 rings (SSSR count). The van der Waals surface area contributed by atoms with E-state index in [1.807, 2.05) is 29.2 Å². The van der Waals surface area contributed by atoms with E-state index in [0.717, 1.165) is 23.8 Å². The molecule has 0 spiro atoms. The van der Waals surface area contributed by atoms with E-state index >= 15 is 0 Å². The molecule has 150 valence electrons. The number of oxazole rings is 1. The molecule has 1 aliphatic rings. The Bertz CT molecular complexity index is 999. The minimum Gasteiger partial charge on any atom is -0.441 e. The number of aryl methyl sites for hydroxylation is 1. The lowest BCUT2D eigenvalue weighted by molar-refractivity contribution is -0.131. The zero-order valence-electron chi connectivity index (χ0n) is 15.9. The summed E-state index contributed by atoms with van der Waals surface area (Å²) in [6, 6.07) is 14.1. The first-order valence-electron chi connectivity index (χ1n) is 9.58. The summed E-state index contributed by atoms with van der Waals surface area (Å²) in [6.07, 6.45) is 2.20. The number of benzene rings is 2. The van der Waals surface area contributed by atoms with E-state index in [9.17, 15) is 9.18 Å². The van der Waals surface area contributed by atoms with Crippen molar-refractivity contribution in [2.45, 2.75) is 12.8 Å². The second-order valence-electron chi connectivity index (χ2n) is 6.92. The highest BCUT2D eigenvalue weighted by Crippen LogP contribution is 2.26. The van der Waals surface area contributed by atoms with Crippen molar-refractivity contribution in [1.82, 2.24) is 9.88 Å². The lowest BCUT2D eigenvalue weighted by atomic mass is 10.2. The Balaban J connectivity index is 1.30. The van der Waals surface area contributed by atoms with Crippen molar-refractivity contribution in [2.75, 3.05) is 31.1 Å². The number of rotatable bonds is 5. The van der Waals surface area contributed by atoms with Gasteiger partial charge in [-0.1, -0.05) is 35.9 Å². The minimum absolute atomic E-state index is 0.0643. The highest BCUT2D eigenvalue weighted by atomic mass is 35.5. The van der Waals surface area contributed by atoms with Crippen LogP contribution in [0.1, 0.15) is 12.3 Å². The molecule has 0 unspecified atom stereocenters. The molecule has 0 bridgehead atoms. The molecule has 1 aliphatic heterocycles. The van der Waals surface area contributed by atoms with Crippen molar-refractivity contribution in [3.63, 3.8) is 0 Å². The third-order valence-electron chi connectivity index (χ3n) is 5.07. The van der Waals surface area contributed by atoms with Crippen LogP contribution >= 0.6 is 11.6 Å². The molecule has 1 fully saturated rings. The first-order chi connectivity index (χ1) is 14.1. The monoisotopic (exact) mass is 413 g/mol. The number of carbonyl (C=O) groups is 1. The van der Waals surface area contributed by atoms with Crippen LogP contribution in [0.5, 0.6) is 0 Å². The van der Waals surface area contributed by atoms with Gasteiger partial charge >= 0.3 is 0 Å². The van der Waals surface area contributed by atoms with Crippen LogP contribution in [0.2, 0.25) is 5.02 Å². The molecule has 3 aromatic rings. The van der Waals surface area contributed by atoms with Crippen LogP contribution in [0, 0.1) is 5.82 Å². The first-order valence-corrected chi connectivity index (χ1v) is 9.96. The number of hydrogen-bond acceptors (Lipinski definition) is 4. The Hall–Kier alpha value is -2.86. The summed E-state index contributed by atoms with van der Waals surface area (Å²) in [4.78, 5) is 20.8. The van der Waals surface area contributed by atoms with Crippen molar-refractivity contribution in [2.24, 2.45) is 0 Å². The SMILES string of the molecule is O=C(CCc1ncc(-c2ccccc2F)o1)N1CCN(c2ccccc2Cl)CC1. The van der Waals surface area contributed by atoms with Gasteiger partial charge in [0.1, 0.15) is 5.82 Å². The number of hydrogen-bond donors (Lipinski definition) is 0. The lowest BCUT2D eigenvalue weighted by Crippen LogP contribution is -2.48. The van der Waals surface area contributed by atoms with Gasteiger partial charge in [-0.3, -0.25) is 4.79 Å². The fourth-order valence-corrected chi connectivity index (χ4v) is 3.74. The molecule has 1 amide bonds. The van der Waals surface area contributed by atoms with E-state index in [-0.39, 0.29) is 11.7 Å². The van der Waals surface area contributed by atoms with E-state index in [4.69, 9.17) is 16.0 Å². The van der Waals surface area contributed by atoms with E-state index in [1.165, 1.54) is 12.3 Å². The normalized spacial score (nSPS) is 14.3. The maximum atomic E-state index is 13.9. The van der Waals surface area contributed by atoms with Crippen LogP contribution in [-0.2, 0) is 11.2 Å². The Morgan fingerprint density at radius 3 is 2.55 bits per heavy atom. The Labute approximate surface area is 173 Å². The van der Waals surface area contributed by atoms with Gasteiger partial charge in [-0.25, -0.2) is 9.37 Å². The molecule has 1 saturated heterocycles. The number of amides is 1. The summed E-state index contributed by atoms with van der Waals surface area (Å²) in [7, 11) is 0. The topological polar surface area (TPSA) is 49.6 Å². The van der Waals surface area contributed by atoms with Gasteiger partial charge in [-0.15, -0.1) is 0 Å². The molecule has 2 aromatic carbocycles. The maximum absolute atomic E-state index is 13.9. The van der Waals surface area contributed by atoms with E-state index in [0.29, 0.717) is 43.1 Å². The number of nitrogens with zero attached hydrogens (tertiary/aromatic N) is 3. The summed E-state index contributed by atoms with van der Waals surface area (Å²) in [6.45, 7) is 2.78. The molecule has 0 aliphatic carbocycles. The molecular formula is C22H21ClFN3O2. The molecule has 0 N–H and O–H groups in total. The molecule has 29 heavy (non-hydrogen) atoms. The number of piperazine rings is 1. The molecule has 1 aromatic heterocycles. The smallest absolute Gasteiger partial charge is 0.223 e. The molecule has 0 saturated carbocycles. The number of aromatic nitrogens is 1. The van der Waals surface area contributed by atoms with Crippen LogP contribution in [0.3, 0.4) is 0 Å². The molecule has 2 heterocycles. The molecule has 5 nitrogen and oxygen atoms in total. The van der Waals surface area contributed by atoms with Gasteiger partial charge in [-0.2, -0.15) is 0 Å². The molecule has 0 atom stereocenters. The van der Waals surface area contributed by atoms with Gasteiger partial charge < -0.3 is 14.2 Å². The number of carbonyl (C=O) groups excluding carboxylic acids is 1. The van der Waals surface area contributed by atoms with Gasteiger partial charge in [-0.05, 0) is 24.3 Å². The zero-order chi connectivity index (χ0) is 20.2. The van der Waals surface area contributed by atoms with Gasteiger partial charge in [0.2, 0.25) is 5.91 Å². The average Bonchev–Trinajstić information content (AvgIpc) is 3.22. The van der Waals surface area contributed by atoms with E-state index in [1.54, 1.807) is 18.2 Å². The summed E-state index contributed by atoms with van der Waals surface area (Å²) >= 11 is 6.27. The Kier molecular flexibility index (Phi) is 5.81. The van der Waals surface area contributed by atoms with Crippen molar-refractivity contribution in [1.29, 1.82) is 0 Å². The fourth-order valence-electron chi connectivity index (χ4n) is 3.49. The van der Waals surface area contributed by atoms with Crippen LogP contribution < -0.4 is 4.90 Å². The highest BCUT2D eigenvalue weighted by molar-refractivity contribution is 6.33. The molecular weight excluding hydrogens is 393 g/mol. The third kappa shape index (κ3) is 4.43. The lowest BCUT2D eigenvalue weighted by Gasteiger charge is -2.36. The predicted octanol–water partition coefficient (Wildman–Crippen LogP) is 4.42. The number of halogens is 2. The van der Waals surface area contributed by atoms with Gasteiger partial charge in [0.15, 0.2) is 11.7 Å². The summed E-state index contributed by atoms with van der Waals surface area (Å²) in [5.41, 5.74) is 1.37. The Morgan fingerprint density at radius 2 is 1.79 bits per heavy atom. The van der Waals surface area contributed by atoms with Crippen LogP contribution in [0.15, 0.2) is 59.1 Å². The Morgan fingerprint density at radius 1 is 1.07 bits per heavy atom. The van der Waals surface area contributed by atoms with E-state index < -0.39 is 0 Å². The average molecular weight is 414 g/mol. The predicted molar refractivity (Wildman–Crippen MR) is 110 cm³/mol. The minimum atomic E-state index is -0.359. The first kappa shape index (κ1) is 19.5. The van der Waals surface area contributed by atoms with E-state index in [2.05, 4.69) is 9.88 Å².